The van der Waals surface area contributed by atoms with Gasteiger partial charge < -0.3 is 5.11 Å². The molecule has 1 aromatic carbocycles. The number of carbonyl (C=O) groups is 1. The minimum absolute atomic E-state index is 0.418. The van der Waals surface area contributed by atoms with Gasteiger partial charge in [-0.3, -0.25) is 4.79 Å². The van der Waals surface area contributed by atoms with Crippen LogP contribution in [0.1, 0.15) is 51.7 Å². The fourth-order valence-corrected chi connectivity index (χ4v) is 1.56. The summed E-state index contributed by atoms with van der Waals surface area (Å²) in [5.41, 5.74) is 2.14. The van der Waals surface area contributed by atoms with Crippen molar-refractivity contribution in [3.63, 3.8) is 0 Å². The van der Waals surface area contributed by atoms with Gasteiger partial charge in [-0.25, -0.2) is 0 Å². The van der Waals surface area contributed by atoms with Gasteiger partial charge in [0.1, 0.15) is 0 Å². The topological polar surface area (TPSA) is 37.3 Å². The fraction of sp³-hybridized carbons (Fsp3) is 0.471. The third-order valence-electron chi connectivity index (χ3n) is 2.83. The molecule has 2 heteroatoms. The van der Waals surface area contributed by atoms with Gasteiger partial charge in [-0.2, -0.15) is 0 Å². The molecule has 0 aliphatic rings. The molecule has 106 valence electrons. The van der Waals surface area contributed by atoms with Crippen molar-refractivity contribution >= 4 is 5.97 Å². The molecule has 0 amide bonds. The van der Waals surface area contributed by atoms with Gasteiger partial charge in [0.2, 0.25) is 0 Å². The second kappa shape index (κ2) is 9.37. The molecular formula is C17H26O2. The number of hydrogen-bond donors (Lipinski definition) is 1. The SMILES string of the molecule is CC(C)Cc1ccc(C(C)C(=O)O)cc1.CC=CC. The first-order chi connectivity index (χ1) is 8.92. The molecule has 0 aliphatic heterocycles. The molecule has 0 saturated heterocycles. The van der Waals surface area contributed by atoms with E-state index in [1.807, 2.05) is 50.3 Å². The lowest BCUT2D eigenvalue weighted by atomic mass is 9.97. The third kappa shape index (κ3) is 7.45. The third-order valence-corrected chi connectivity index (χ3v) is 2.83. The summed E-state index contributed by atoms with van der Waals surface area (Å²) in [6.07, 6.45) is 5.04. The van der Waals surface area contributed by atoms with Crippen LogP contribution in [0.15, 0.2) is 36.4 Å². The highest BCUT2D eigenvalue weighted by molar-refractivity contribution is 5.75. The molecule has 0 aliphatic carbocycles. The fourth-order valence-electron chi connectivity index (χ4n) is 1.56. The van der Waals surface area contributed by atoms with Crippen molar-refractivity contribution in [3.8, 4) is 0 Å². The van der Waals surface area contributed by atoms with Gasteiger partial charge in [0.05, 0.1) is 5.92 Å². The van der Waals surface area contributed by atoms with Crippen molar-refractivity contribution in [3.05, 3.63) is 47.5 Å². The van der Waals surface area contributed by atoms with Gasteiger partial charge in [0.25, 0.3) is 0 Å². The number of carboxylic acids is 1. The molecule has 1 aromatic rings. The molecule has 1 atom stereocenters. The van der Waals surface area contributed by atoms with Crippen molar-refractivity contribution in [2.45, 2.75) is 47.0 Å². The van der Waals surface area contributed by atoms with E-state index in [2.05, 4.69) is 13.8 Å². The minimum atomic E-state index is -0.772. The molecule has 1 rings (SSSR count). The number of aliphatic carboxylic acids is 1. The molecule has 1 unspecified atom stereocenters. The Balaban J connectivity index is 0.000000711. The second-order valence-corrected chi connectivity index (χ2v) is 5.07. The summed E-state index contributed by atoms with van der Waals surface area (Å²) in [5.74, 6) is -0.558. The minimum Gasteiger partial charge on any atom is -0.481 e. The van der Waals surface area contributed by atoms with Gasteiger partial charge in [-0.15, -0.1) is 0 Å². The quantitative estimate of drug-likeness (QED) is 0.801. The molecule has 0 fully saturated rings. The average Bonchev–Trinajstić information content (AvgIpc) is 2.38. The Labute approximate surface area is 117 Å². The van der Waals surface area contributed by atoms with E-state index in [9.17, 15) is 4.79 Å². The van der Waals surface area contributed by atoms with Crippen LogP contribution >= 0.6 is 0 Å². The zero-order valence-corrected chi connectivity index (χ0v) is 12.7. The highest BCUT2D eigenvalue weighted by Gasteiger charge is 2.12. The number of benzene rings is 1. The van der Waals surface area contributed by atoms with Gasteiger partial charge in [-0.05, 0) is 44.2 Å². The molecule has 0 saturated carbocycles. The van der Waals surface area contributed by atoms with Gasteiger partial charge in [-0.1, -0.05) is 50.3 Å². The maximum absolute atomic E-state index is 10.8. The molecule has 19 heavy (non-hydrogen) atoms. The van der Waals surface area contributed by atoms with Crippen molar-refractivity contribution in [1.82, 2.24) is 0 Å². The number of rotatable bonds is 4. The van der Waals surface area contributed by atoms with E-state index in [-0.39, 0.29) is 0 Å². The summed E-state index contributed by atoms with van der Waals surface area (Å²) in [5, 5.41) is 8.85. The lowest BCUT2D eigenvalue weighted by molar-refractivity contribution is -0.138. The smallest absolute Gasteiger partial charge is 0.310 e. The maximum atomic E-state index is 10.8. The van der Waals surface area contributed by atoms with Gasteiger partial charge in [0, 0.05) is 0 Å². The van der Waals surface area contributed by atoms with Crippen molar-refractivity contribution in [2.75, 3.05) is 0 Å². The summed E-state index contributed by atoms with van der Waals surface area (Å²) in [4.78, 5) is 10.8. The Morgan fingerprint density at radius 2 is 1.58 bits per heavy atom. The van der Waals surface area contributed by atoms with Crippen LogP contribution in [0.25, 0.3) is 0 Å². The molecule has 1 N–H and O–H groups in total. The second-order valence-electron chi connectivity index (χ2n) is 5.07. The first-order valence-corrected chi connectivity index (χ1v) is 6.81. The molecular weight excluding hydrogens is 236 g/mol. The Kier molecular flexibility index (Phi) is 8.60. The van der Waals surface area contributed by atoms with Gasteiger partial charge in [0.15, 0.2) is 0 Å². The largest absolute Gasteiger partial charge is 0.481 e. The van der Waals surface area contributed by atoms with E-state index in [0.29, 0.717) is 5.92 Å². The van der Waals surface area contributed by atoms with Crippen LogP contribution in [0, 0.1) is 5.92 Å². The molecule has 0 aromatic heterocycles. The van der Waals surface area contributed by atoms with E-state index >= 15 is 0 Å². The highest BCUT2D eigenvalue weighted by atomic mass is 16.4. The average molecular weight is 262 g/mol. The molecule has 2 nitrogen and oxygen atoms in total. The first-order valence-electron chi connectivity index (χ1n) is 6.81. The predicted octanol–water partition coefficient (Wildman–Crippen LogP) is 4.66. The summed E-state index contributed by atoms with van der Waals surface area (Å²) < 4.78 is 0. The Bertz CT molecular complexity index is 384. The van der Waals surface area contributed by atoms with Crippen LogP contribution in [-0.4, -0.2) is 11.1 Å². The van der Waals surface area contributed by atoms with Crippen molar-refractivity contribution in [1.29, 1.82) is 0 Å². The zero-order chi connectivity index (χ0) is 14.8. The summed E-state index contributed by atoms with van der Waals surface area (Å²) >= 11 is 0. The van der Waals surface area contributed by atoms with E-state index < -0.39 is 11.9 Å². The number of hydrogen-bond acceptors (Lipinski definition) is 1. The summed E-state index contributed by atoms with van der Waals surface area (Å²) in [6.45, 7) is 10.1. The molecule has 0 heterocycles. The number of allylic oxidation sites excluding steroid dienone is 2. The summed E-state index contributed by atoms with van der Waals surface area (Å²) in [6, 6.07) is 7.87. The summed E-state index contributed by atoms with van der Waals surface area (Å²) in [7, 11) is 0. The van der Waals surface area contributed by atoms with Gasteiger partial charge >= 0.3 is 5.97 Å². The van der Waals surface area contributed by atoms with Crippen LogP contribution in [-0.2, 0) is 11.2 Å². The van der Waals surface area contributed by atoms with Crippen LogP contribution in [0.4, 0.5) is 0 Å². The van der Waals surface area contributed by atoms with Crippen LogP contribution in [0.5, 0.6) is 0 Å². The Morgan fingerprint density at radius 1 is 1.11 bits per heavy atom. The van der Waals surface area contributed by atoms with E-state index in [0.717, 1.165) is 12.0 Å². The van der Waals surface area contributed by atoms with E-state index in [4.69, 9.17) is 5.11 Å². The van der Waals surface area contributed by atoms with Crippen LogP contribution < -0.4 is 0 Å². The Hall–Kier alpha value is -1.57. The Morgan fingerprint density at radius 3 is 1.89 bits per heavy atom. The molecule has 0 bridgehead atoms. The maximum Gasteiger partial charge on any atom is 0.310 e. The standard InChI is InChI=1S/C13H18O2.C4H8/c1-9(2)8-11-4-6-12(7-5-11)10(3)13(14)15;1-3-4-2/h4-7,9-10H,8H2,1-3H3,(H,14,15);3-4H,1-2H3. The predicted molar refractivity (Wildman–Crippen MR) is 81.5 cm³/mol. The lowest BCUT2D eigenvalue weighted by Gasteiger charge is -2.09. The monoisotopic (exact) mass is 262 g/mol. The lowest BCUT2D eigenvalue weighted by Crippen LogP contribution is -2.07. The van der Waals surface area contributed by atoms with E-state index in [1.165, 1.54) is 5.56 Å². The van der Waals surface area contributed by atoms with E-state index in [1.54, 1.807) is 6.92 Å². The zero-order valence-electron chi connectivity index (χ0n) is 12.7. The first kappa shape index (κ1) is 17.4. The highest BCUT2D eigenvalue weighted by Crippen LogP contribution is 2.17. The molecule has 0 radical (unpaired) electrons. The molecule has 0 spiro atoms. The van der Waals surface area contributed by atoms with Crippen molar-refractivity contribution < 1.29 is 9.90 Å². The van der Waals surface area contributed by atoms with Crippen molar-refractivity contribution in [2.24, 2.45) is 5.92 Å². The normalized spacial score (nSPS) is 12.1. The van der Waals surface area contributed by atoms with Crippen LogP contribution in [0.3, 0.4) is 0 Å². The van der Waals surface area contributed by atoms with Crippen LogP contribution in [0.2, 0.25) is 0 Å². The number of carboxylic acid groups (broad SMARTS) is 1.